The molecule has 2 aromatic rings. The standard InChI is InChI=1S/C17H23N3O3/c1-4-6-7-10-23-14-11-13(9-8-12(14)3)15-16(19-20-18-15)17(21)22-5-2/h8-9,11H,4-7,10H2,1-3H3,(H,18,19,20). The number of aryl methyl sites for hydroxylation is 1. The Bertz CT molecular complexity index is 652. The van der Waals surface area contributed by atoms with Gasteiger partial charge in [-0.05, 0) is 31.9 Å². The molecule has 6 nitrogen and oxygen atoms in total. The first-order chi connectivity index (χ1) is 11.2. The van der Waals surface area contributed by atoms with Crippen molar-refractivity contribution in [3.8, 4) is 17.0 Å². The predicted octanol–water partition coefficient (Wildman–Crippen LogP) is 3.53. The molecule has 0 aliphatic heterocycles. The third-order valence-electron chi connectivity index (χ3n) is 3.48. The topological polar surface area (TPSA) is 77.1 Å². The molecule has 0 saturated carbocycles. The Kier molecular flexibility index (Phi) is 6.14. The molecule has 0 saturated heterocycles. The van der Waals surface area contributed by atoms with Crippen molar-refractivity contribution < 1.29 is 14.3 Å². The number of carbonyl (C=O) groups is 1. The normalized spacial score (nSPS) is 10.6. The van der Waals surface area contributed by atoms with E-state index in [0.29, 0.717) is 18.9 Å². The molecule has 0 spiro atoms. The van der Waals surface area contributed by atoms with Gasteiger partial charge in [0.15, 0.2) is 5.69 Å². The van der Waals surface area contributed by atoms with Crippen LogP contribution in [-0.4, -0.2) is 34.6 Å². The number of hydrogen-bond acceptors (Lipinski definition) is 5. The van der Waals surface area contributed by atoms with E-state index in [1.165, 1.54) is 0 Å². The summed E-state index contributed by atoms with van der Waals surface area (Å²) < 4.78 is 10.9. The van der Waals surface area contributed by atoms with Crippen LogP contribution in [0.25, 0.3) is 11.3 Å². The maximum Gasteiger partial charge on any atom is 0.361 e. The van der Waals surface area contributed by atoms with Crippen molar-refractivity contribution in [3.05, 3.63) is 29.5 Å². The molecule has 0 amide bonds. The van der Waals surface area contributed by atoms with Crippen molar-refractivity contribution in [1.82, 2.24) is 15.4 Å². The van der Waals surface area contributed by atoms with Crippen LogP contribution in [0.5, 0.6) is 5.75 Å². The number of esters is 1. The van der Waals surface area contributed by atoms with Crippen LogP contribution >= 0.6 is 0 Å². The third-order valence-corrected chi connectivity index (χ3v) is 3.48. The number of hydrogen-bond donors (Lipinski definition) is 1. The lowest BCUT2D eigenvalue weighted by molar-refractivity contribution is 0.0520. The molecule has 0 bridgehead atoms. The Hall–Kier alpha value is -2.37. The highest BCUT2D eigenvalue weighted by Gasteiger charge is 2.19. The number of carbonyl (C=O) groups excluding carboxylic acids is 1. The molecule has 23 heavy (non-hydrogen) atoms. The van der Waals surface area contributed by atoms with Crippen LogP contribution in [0.2, 0.25) is 0 Å². The fourth-order valence-corrected chi connectivity index (χ4v) is 2.21. The number of rotatable bonds is 8. The van der Waals surface area contributed by atoms with Crippen LogP contribution in [0.4, 0.5) is 0 Å². The fourth-order valence-electron chi connectivity index (χ4n) is 2.21. The van der Waals surface area contributed by atoms with Crippen LogP contribution < -0.4 is 4.74 Å². The Morgan fingerprint density at radius 3 is 2.78 bits per heavy atom. The van der Waals surface area contributed by atoms with Crippen LogP contribution in [0.1, 0.15) is 49.2 Å². The number of ether oxygens (including phenoxy) is 2. The van der Waals surface area contributed by atoms with E-state index in [2.05, 4.69) is 22.3 Å². The molecule has 1 aromatic heterocycles. The van der Waals surface area contributed by atoms with Gasteiger partial charge in [0.25, 0.3) is 0 Å². The molecule has 0 radical (unpaired) electrons. The first kappa shape index (κ1) is 17.0. The number of nitrogens with zero attached hydrogens (tertiary/aromatic N) is 2. The van der Waals surface area contributed by atoms with Gasteiger partial charge >= 0.3 is 5.97 Å². The highest BCUT2D eigenvalue weighted by Crippen LogP contribution is 2.27. The number of unbranched alkanes of at least 4 members (excludes halogenated alkanes) is 2. The van der Waals surface area contributed by atoms with Crippen LogP contribution in [-0.2, 0) is 4.74 Å². The summed E-state index contributed by atoms with van der Waals surface area (Å²) in [5.74, 6) is 0.318. The largest absolute Gasteiger partial charge is 0.493 e. The maximum atomic E-state index is 11.9. The van der Waals surface area contributed by atoms with Crippen molar-refractivity contribution >= 4 is 5.97 Å². The average Bonchev–Trinajstić information content (AvgIpc) is 3.03. The second-order valence-corrected chi connectivity index (χ2v) is 5.28. The van der Waals surface area contributed by atoms with E-state index >= 15 is 0 Å². The van der Waals surface area contributed by atoms with Gasteiger partial charge in [-0.1, -0.05) is 31.9 Å². The summed E-state index contributed by atoms with van der Waals surface area (Å²) in [5.41, 5.74) is 2.49. The molecule has 0 aliphatic carbocycles. The lowest BCUT2D eigenvalue weighted by Gasteiger charge is -2.10. The van der Waals surface area contributed by atoms with Crippen molar-refractivity contribution in [2.75, 3.05) is 13.2 Å². The molecule has 2 rings (SSSR count). The van der Waals surface area contributed by atoms with Crippen molar-refractivity contribution in [2.24, 2.45) is 0 Å². The average molecular weight is 317 g/mol. The summed E-state index contributed by atoms with van der Waals surface area (Å²) in [5, 5.41) is 10.5. The Morgan fingerprint density at radius 2 is 2.04 bits per heavy atom. The van der Waals surface area contributed by atoms with Gasteiger partial charge in [-0.25, -0.2) is 4.79 Å². The summed E-state index contributed by atoms with van der Waals surface area (Å²) in [7, 11) is 0. The van der Waals surface area contributed by atoms with Crippen molar-refractivity contribution in [3.63, 3.8) is 0 Å². The highest BCUT2D eigenvalue weighted by atomic mass is 16.5. The first-order valence-corrected chi connectivity index (χ1v) is 7.99. The van der Waals surface area contributed by atoms with E-state index in [1.807, 2.05) is 25.1 Å². The molecule has 0 aliphatic rings. The van der Waals surface area contributed by atoms with Gasteiger partial charge in [0.2, 0.25) is 0 Å². The summed E-state index contributed by atoms with van der Waals surface area (Å²) >= 11 is 0. The molecule has 1 heterocycles. The predicted molar refractivity (Wildman–Crippen MR) is 87.5 cm³/mol. The van der Waals surface area contributed by atoms with Gasteiger partial charge in [-0.15, -0.1) is 5.10 Å². The van der Waals surface area contributed by atoms with E-state index in [9.17, 15) is 4.79 Å². The SMILES string of the molecule is CCCCCOc1cc(-c2n[nH]nc2C(=O)OCC)ccc1C. The summed E-state index contributed by atoms with van der Waals surface area (Å²) in [6, 6.07) is 5.74. The van der Waals surface area contributed by atoms with Crippen LogP contribution in [0, 0.1) is 6.92 Å². The molecule has 0 atom stereocenters. The Morgan fingerprint density at radius 1 is 1.22 bits per heavy atom. The Labute approximate surface area is 136 Å². The molecule has 0 unspecified atom stereocenters. The Balaban J connectivity index is 2.21. The number of benzene rings is 1. The van der Waals surface area contributed by atoms with Crippen molar-refractivity contribution in [1.29, 1.82) is 0 Å². The number of aromatic nitrogens is 3. The summed E-state index contributed by atoms with van der Waals surface area (Å²) in [4.78, 5) is 11.9. The van der Waals surface area contributed by atoms with E-state index in [0.717, 1.165) is 36.1 Å². The molecule has 1 N–H and O–H groups in total. The molecular formula is C17H23N3O3. The minimum absolute atomic E-state index is 0.188. The zero-order valence-corrected chi connectivity index (χ0v) is 13.9. The van der Waals surface area contributed by atoms with E-state index in [4.69, 9.17) is 9.47 Å². The van der Waals surface area contributed by atoms with Gasteiger partial charge in [0.05, 0.1) is 13.2 Å². The third kappa shape index (κ3) is 4.31. The minimum atomic E-state index is -0.484. The maximum absolute atomic E-state index is 11.9. The van der Waals surface area contributed by atoms with Crippen molar-refractivity contribution in [2.45, 2.75) is 40.0 Å². The summed E-state index contributed by atoms with van der Waals surface area (Å²) in [6.45, 7) is 6.89. The van der Waals surface area contributed by atoms with Gasteiger partial charge in [-0.2, -0.15) is 10.3 Å². The molecule has 0 fully saturated rings. The fraction of sp³-hybridized carbons (Fsp3) is 0.471. The van der Waals surface area contributed by atoms with Gasteiger partial charge < -0.3 is 9.47 Å². The second kappa shape index (κ2) is 8.31. The zero-order chi connectivity index (χ0) is 16.7. The highest BCUT2D eigenvalue weighted by molar-refractivity contribution is 5.94. The molecule has 6 heteroatoms. The van der Waals surface area contributed by atoms with E-state index < -0.39 is 5.97 Å². The molecule has 124 valence electrons. The van der Waals surface area contributed by atoms with Gasteiger partial charge in [0.1, 0.15) is 11.4 Å². The lowest BCUT2D eigenvalue weighted by atomic mass is 10.1. The van der Waals surface area contributed by atoms with Gasteiger partial charge in [0, 0.05) is 5.56 Å². The quantitative estimate of drug-likeness (QED) is 0.595. The van der Waals surface area contributed by atoms with E-state index in [-0.39, 0.29) is 5.69 Å². The summed E-state index contributed by atoms with van der Waals surface area (Å²) in [6.07, 6.45) is 3.33. The van der Waals surface area contributed by atoms with Crippen LogP contribution in [0.15, 0.2) is 18.2 Å². The molecule has 1 aromatic carbocycles. The number of nitrogens with one attached hydrogen (secondary N) is 1. The molecular weight excluding hydrogens is 294 g/mol. The van der Waals surface area contributed by atoms with Crippen LogP contribution in [0.3, 0.4) is 0 Å². The lowest BCUT2D eigenvalue weighted by Crippen LogP contribution is -2.07. The smallest absolute Gasteiger partial charge is 0.361 e. The number of H-pyrrole nitrogens is 1. The number of aromatic amines is 1. The van der Waals surface area contributed by atoms with E-state index in [1.54, 1.807) is 6.92 Å². The second-order valence-electron chi connectivity index (χ2n) is 5.28. The first-order valence-electron chi connectivity index (χ1n) is 7.99. The monoisotopic (exact) mass is 317 g/mol. The van der Waals surface area contributed by atoms with Gasteiger partial charge in [-0.3, -0.25) is 0 Å². The minimum Gasteiger partial charge on any atom is -0.493 e. The zero-order valence-electron chi connectivity index (χ0n) is 13.9.